The third kappa shape index (κ3) is 3.66. The molecule has 0 spiro atoms. The maximum absolute atomic E-state index is 13.4. The van der Waals surface area contributed by atoms with E-state index in [1.165, 1.54) is 12.1 Å². The predicted octanol–water partition coefficient (Wildman–Crippen LogP) is 3.12. The second-order valence-electron chi connectivity index (χ2n) is 3.95. The van der Waals surface area contributed by atoms with Gasteiger partial charge in [0.1, 0.15) is 6.10 Å². The van der Waals surface area contributed by atoms with E-state index in [0.29, 0.717) is 0 Å². The fourth-order valence-corrected chi connectivity index (χ4v) is 1.76. The summed E-state index contributed by atoms with van der Waals surface area (Å²) in [4.78, 5) is 0. The Labute approximate surface area is 101 Å². The average Bonchev–Trinajstić information content (AvgIpc) is 2.31. The third-order valence-electron chi connectivity index (χ3n) is 2.70. The summed E-state index contributed by atoms with van der Waals surface area (Å²) in [5, 5.41) is 3.25. The fraction of sp³-hybridized carbons (Fsp3) is 0.538. The Bertz CT molecular complexity index is 357. The lowest BCUT2D eigenvalue weighted by atomic mass is 10.1. The lowest BCUT2D eigenvalue weighted by molar-refractivity contribution is 0.160. The zero-order valence-corrected chi connectivity index (χ0v) is 10.5. The number of benzene rings is 1. The molecule has 4 heteroatoms. The van der Waals surface area contributed by atoms with Crippen molar-refractivity contribution >= 4 is 0 Å². The highest BCUT2D eigenvalue weighted by Gasteiger charge is 2.18. The van der Waals surface area contributed by atoms with Gasteiger partial charge in [0.15, 0.2) is 11.6 Å². The van der Waals surface area contributed by atoms with Crippen molar-refractivity contribution < 1.29 is 13.5 Å². The lowest BCUT2D eigenvalue weighted by Crippen LogP contribution is -2.40. The highest BCUT2D eigenvalue weighted by atomic mass is 19.2. The second-order valence-corrected chi connectivity index (χ2v) is 3.95. The van der Waals surface area contributed by atoms with Crippen molar-refractivity contribution in [3.63, 3.8) is 0 Å². The molecule has 0 saturated heterocycles. The van der Waals surface area contributed by atoms with Gasteiger partial charge in [0.25, 0.3) is 0 Å². The minimum atomic E-state index is -0.925. The van der Waals surface area contributed by atoms with Crippen LogP contribution in [-0.4, -0.2) is 18.7 Å². The van der Waals surface area contributed by atoms with Crippen molar-refractivity contribution in [2.75, 3.05) is 6.54 Å². The first-order valence-electron chi connectivity index (χ1n) is 5.94. The SMILES string of the molecule is CCNC(CC)C(C)Oc1cccc(F)c1F. The van der Waals surface area contributed by atoms with Gasteiger partial charge in [-0.1, -0.05) is 19.9 Å². The zero-order valence-electron chi connectivity index (χ0n) is 10.5. The number of ether oxygens (including phenoxy) is 1. The van der Waals surface area contributed by atoms with E-state index in [4.69, 9.17) is 4.74 Å². The van der Waals surface area contributed by atoms with Gasteiger partial charge >= 0.3 is 0 Å². The summed E-state index contributed by atoms with van der Waals surface area (Å²) < 4.78 is 31.8. The average molecular weight is 243 g/mol. The van der Waals surface area contributed by atoms with Crippen molar-refractivity contribution in [1.29, 1.82) is 0 Å². The Morgan fingerprint density at radius 3 is 2.59 bits per heavy atom. The smallest absolute Gasteiger partial charge is 0.200 e. The molecule has 0 radical (unpaired) electrons. The van der Waals surface area contributed by atoms with Crippen LogP contribution in [0.25, 0.3) is 0 Å². The molecule has 0 aromatic heterocycles. The van der Waals surface area contributed by atoms with E-state index in [2.05, 4.69) is 5.32 Å². The summed E-state index contributed by atoms with van der Waals surface area (Å²) in [5.41, 5.74) is 0. The minimum absolute atomic E-state index is 0.0335. The number of halogens is 2. The molecular weight excluding hydrogens is 224 g/mol. The summed E-state index contributed by atoms with van der Waals surface area (Å²) in [6.45, 7) is 6.69. The fourth-order valence-electron chi connectivity index (χ4n) is 1.76. The van der Waals surface area contributed by atoms with Crippen LogP contribution in [-0.2, 0) is 0 Å². The Balaban J connectivity index is 2.72. The van der Waals surface area contributed by atoms with Crippen molar-refractivity contribution in [1.82, 2.24) is 5.32 Å². The van der Waals surface area contributed by atoms with E-state index in [1.807, 2.05) is 20.8 Å². The van der Waals surface area contributed by atoms with Crippen molar-refractivity contribution in [3.05, 3.63) is 29.8 Å². The molecule has 2 atom stereocenters. The van der Waals surface area contributed by atoms with Gasteiger partial charge in [0.2, 0.25) is 5.82 Å². The molecular formula is C13H19F2NO. The van der Waals surface area contributed by atoms with E-state index >= 15 is 0 Å². The van der Waals surface area contributed by atoms with Crippen LogP contribution < -0.4 is 10.1 Å². The first-order valence-corrected chi connectivity index (χ1v) is 5.94. The van der Waals surface area contributed by atoms with Crippen molar-refractivity contribution in [2.24, 2.45) is 0 Å². The van der Waals surface area contributed by atoms with Crippen molar-refractivity contribution in [2.45, 2.75) is 39.3 Å². The molecule has 0 fully saturated rings. The maximum Gasteiger partial charge on any atom is 0.200 e. The van der Waals surface area contributed by atoms with Gasteiger partial charge in [0.05, 0.1) is 0 Å². The molecule has 0 saturated carbocycles. The predicted molar refractivity (Wildman–Crippen MR) is 64.2 cm³/mol. The number of rotatable bonds is 6. The van der Waals surface area contributed by atoms with E-state index < -0.39 is 11.6 Å². The Morgan fingerprint density at radius 2 is 2.00 bits per heavy atom. The molecule has 0 amide bonds. The van der Waals surface area contributed by atoms with Gasteiger partial charge in [-0.3, -0.25) is 0 Å². The van der Waals surface area contributed by atoms with E-state index in [0.717, 1.165) is 19.0 Å². The summed E-state index contributed by atoms with van der Waals surface area (Å²) >= 11 is 0. The number of hydrogen-bond donors (Lipinski definition) is 1. The molecule has 1 rings (SSSR count). The van der Waals surface area contributed by atoms with Crippen molar-refractivity contribution in [3.8, 4) is 5.75 Å². The molecule has 0 aliphatic heterocycles. The van der Waals surface area contributed by atoms with Crippen LogP contribution in [0, 0.1) is 11.6 Å². The molecule has 0 aliphatic carbocycles. The second kappa shape index (κ2) is 6.55. The monoisotopic (exact) mass is 243 g/mol. The molecule has 1 N–H and O–H groups in total. The number of hydrogen-bond acceptors (Lipinski definition) is 2. The Kier molecular flexibility index (Phi) is 5.35. The van der Waals surface area contributed by atoms with Crippen LogP contribution in [0.1, 0.15) is 27.2 Å². The third-order valence-corrected chi connectivity index (χ3v) is 2.70. The van der Waals surface area contributed by atoms with Gasteiger partial charge in [0, 0.05) is 6.04 Å². The molecule has 17 heavy (non-hydrogen) atoms. The van der Waals surface area contributed by atoms with Gasteiger partial charge in [-0.15, -0.1) is 0 Å². The molecule has 0 bridgehead atoms. The summed E-state index contributed by atoms with van der Waals surface area (Å²) in [7, 11) is 0. The Morgan fingerprint density at radius 1 is 1.29 bits per heavy atom. The van der Waals surface area contributed by atoms with Gasteiger partial charge < -0.3 is 10.1 Å². The quantitative estimate of drug-likeness (QED) is 0.828. The van der Waals surface area contributed by atoms with Gasteiger partial charge in [-0.05, 0) is 32.0 Å². The first kappa shape index (κ1) is 13.9. The molecule has 2 unspecified atom stereocenters. The molecule has 2 nitrogen and oxygen atoms in total. The summed E-state index contributed by atoms with van der Waals surface area (Å²) in [6, 6.07) is 4.08. The molecule has 1 aromatic carbocycles. The van der Waals surface area contributed by atoms with Crippen LogP contribution in [0.2, 0.25) is 0 Å². The van der Waals surface area contributed by atoms with Gasteiger partial charge in [-0.25, -0.2) is 4.39 Å². The molecule has 0 heterocycles. The summed E-state index contributed by atoms with van der Waals surface area (Å²) in [6.07, 6.45) is 0.655. The van der Waals surface area contributed by atoms with Gasteiger partial charge in [-0.2, -0.15) is 4.39 Å². The van der Waals surface area contributed by atoms with Crippen LogP contribution in [0.3, 0.4) is 0 Å². The Hall–Kier alpha value is -1.16. The lowest BCUT2D eigenvalue weighted by Gasteiger charge is -2.24. The van der Waals surface area contributed by atoms with Crippen LogP contribution >= 0.6 is 0 Å². The van der Waals surface area contributed by atoms with Crippen LogP contribution in [0.4, 0.5) is 8.78 Å². The highest BCUT2D eigenvalue weighted by Crippen LogP contribution is 2.21. The zero-order chi connectivity index (χ0) is 12.8. The van der Waals surface area contributed by atoms with E-state index in [1.54, 1.807) is 0 Å². The van der Waals surface area contributed by atoms with Crippen LogP contribution in [0.15, 0.2) is 18.2 Å². The number of nitrogens with one attached hydrogen (secondary N) is 1. The highest BCUT2D eigenvalue weighted by molar-refractivity contribution is 5.25. The minimum Gasteiger partial charge on any atom is -0.486 e. The molecule has 0 aliphatic rings. The molecule has 96 valence electrons. The normalized spacial score (nSPS) is 14.4. The number of likely N-dealkylation sites (N-methyl/N-ethyl adjacent to an activating group) is 1. The summed E-state index contributed by atoms with van der Waals surface area (Å²) in [5.74, 6) is -1.84. The van der Waals surface area contributed by atoms with E-state index in [-0.39, 0.29) is 17.9 Å². The largest absolute Gasteiger partial charge is 0.486 e. The maximum atomic E-state index is 13.4. The molecule has 1 aromatic rings. The topological polar surface area (TPSA) is 21.3 Å². The standard InChI is InChI=1S/C13H19F2NO/c1-4-11(16-5-2)9(3)17-12-8-6-7-10(14)13(12)15/h6-9,11,16H,4-5H2,1-3H3. The van der Waals surface area contributed by atoms with E-state index in [9.17, 15) is 8.78 Å². The van der Waals surface area contributed by atoms with Crippen LogP contribution in [0.5, 0.6) is 5.75 Å². The first-order chi connectivity index (χ1) is 8.10.